The summed E-state index contributed by atoms with van der Waals surface area (Å²) in [6.07, 6.45) is -1.05. The molecule has 0 aromatic carbocycles. The Bertz CT molecular complexity index is 510. The van der Waals surface area contributed by atoms with Gasteiger partial charge in [0.05, 0.1) is 6.54 Å². The number of ether oxygens (including phenoxy) is 3. The average Bonchev–Trinajstić information content (AvgIpc) is 2.40. The van der Waals surface area contributed by atoms with Gasteiger partial charge in [-0.3, -0.25) is 9.69 Å². The van der Waals surface area contributed by atoms with Gasteiger partial charge >= 0.3 is 18.2 Å². The van der Waals surface area contributed by atoms with Crippen molar-refractivity contribution in [2.75, 3.05) is 32.7 Å². The van der Waals surface area contributed by atoms with Gasteiger partial charge in [-0.1, -0.05) is 0 Å². The Labute approximate surface area is 174 Å². The minimum atomic E-state index is -0.591. The van der Waals surface area contributed by atoms with Crippen molar-refractivity contribution in [2.24, 2.45) is 0 Å². The van der Waals surface area contributed by atoms with Gasteiger partial charge in [-0.05, 0) is 62.3 Å². The van der Waals surface area contributed by atoms with Crippen LogP contribution >= 0.6 is 0 Å². The molecule has 0 bridgehead atoms. The van der Waals surface area contributed by atoms with Crippen LogP contribution in [0.1, 0.15) is 62.3 Å². The zero-order valence-corrected chi connectivity index (χ0v) is 19.4. The standard InChI is InChI=1S/C20H39N3O6/c1-18(2,3)27-15(24)14-23(12-10-21-16(25)28-19(4,5)6)13-11-22-17(26)29-20(7,8)9/h10-14H2,1-9H3,(H,21,25)(H,22,26). The Morgan fingerprint density at radius 1 is 0.655 bits per heavy atom. The summed E-state index contributed by atoms with van der Waals surface area (Å²) in [7, 11) is 0. The zero-order valence-electron chi connectivity index (χ0n) is 19.4. The van der Waals surface area contributed by atoms with Crippen LogP contribution in [0, 0.1) is 0 Å². The molecule has 0 atom stereocenters. The summed E-state index contributed by atoms with van der Waals surface area (Å²) in [4.78, 5) is 37.5. The maximum atomic E-state index is 12.2. The number of alkyl carbamates (subject to hydrolysis) is 2. The van der Waals surface area contributed by atoms with Crippen LogP contribution in [0.2, 0.25) is 0 Å². The number of esters is 1. The van der Waals surface area contributed by atoms with E-state index in [1.165, 1.54) is 0 Å². The van der Waals surface area contributed by atoms with Gasteiger partial charge in [0.2, 0.25) is 0 Å². The first-order chi connectivity index (χ1) is 13.0. The molecule has 0 aliphatic rings. The number of rotatable bonds is 8. The van der Waals surface area contributed by atoms with E-state index in [1.807, 2.05) is 0 Å². The van der Waals surface area contributed by atoms with Crippen molar-refractivity contribution in [1.82, 2.24) is 15.5 Å². The Hall–Kier alpha value is -2.03. The first-order valence-electron chi connectivity index (χ1n) is 9.85. The van der Waals surface area contributed by atoms with Crippen molar-refractivity contribution in [3.05, 3.63) is 0 Å². The van der Waals surface area contributed by atoms with Gasteiger partial charge in [0.1, 0.15) is 16.8 Å². The number of carbonyl (C=O) groups is 3. The molecular formula is C20H39N3O6. The SMILES string of the molecule is CC(C)(C)OC(=O)CN(CCNC(=O)OC(C)(C)C)CCNC(=O)OC(C)(C)C. The van der Waals surface area contributed by atoms with Crippen molar-refractivity contribution in [2.45, 2.75) is 79.1 Å². The second-order valence-corrected chi connectivity index (χ2v) is 9.72. The Balaban J connectivity index is 4.62. The lowest BCUT2D eigenvalue weighted by molar-refractivity contribution is -0.156. The number of carbonyl (C=O) groups excluding carboxylic acids is 3. The maximum Gasteiger partial charge on any atom is 0.407 e. The van der Waals surface area contributed by atoms with E-state index in [1.54, 1.807) is 67.2 Å². The normalized spacial score (nSPS) is 12.3. The van der Waals surface area contributed by atoms with Gasteiger partial charge in [0.15, 0.2) is 0 Å². The molecule has 0 radical (unpaired) electrons. The second kappa shape index (κ2) is 11.2. The molecule has 0 rings (SSSR count). The van der Waals surface area contributed by atoms with Crippen molar-refractivity contribution in [3.8, 4) is 0 Å². The molecule has 0 aliphatic carbocycles. The molecule has 29 heavy (non-hydrogen) atoms. The van der Waals surface area contributed by atoms with Gasteiger partial charge in [0.25, 0.3) is 0 Å². The summed E-state index contributed by atoms with van der Waals surface area (Å²) in [6, 6.07) is 0. The highest BCUT2D eigenvalue weighted by molar-refractivity contribution is 5.72. The molecule has 170 valence electrons. The lowest BCUT2D eigenvalue weighted by Gasteiger charge is -2.26. The van der Waals surface area contributed by atoms with Gasteiger partial charge < -0.3 is 24.8 Å². The molecule has 2 amide bonds. The van der Waals surface area contributed by atoms with Gasteiger partial charge in [-0.2, -0.15) is 0 Å². The van der Waals surface area contributed by atoms with Crippen LogP contribution in [-0.2, 0) is 19.0 Å². The zero-order chi connectivity index (χ0) is 22.9. The molecule has 0 fully saturated rings. The predicted molar refractivity (Wildman–Crippen MR) is 111 cm³/mol. The quantitative estimate of drug-likeness (QED) is 0.462. The van der Waals surface area contributed by atoms with Crippen molar-refractivity contribution >= 4 is 18.2 Å². The van der Waals surface area contributed by atoms with E-state index in [0.29, 0.717) is 13.1 Å². The first kappa shape index (κ1) is 27.0. The van der Waals surface area contributed by atoms with Crippen molar-refractivity contribution in [3.63, 3.8) is 0 Å². The fourth-order valence-electron chi connectivity index (χ4n) is 2.09. The molecule has 0 saturated carbocycles. The Morgan fingerprint density at radius 2 is 1.00 bits per heavy atom. The van der Waals surface area contributed by atoms with Crippen LogP contribution in [0.4, 0.5) is 9.59 Å². The fourth-order valence-corrected chi connectivity index (χ4v) is 2.09. The average molecular weight is 418 g/mol. The maximum absolute atomic E-state index is 12.2. The first-order valence-corrected chi connectivity index (χ1v) is 9.85. The molecular weight excluding hydrogens is 378 g/mol. The van der Waals surface area contributed by atoms with Crippen LogP contribution < -0.4 is 10.6 Å². The molecule has 0 saturated heterocycles. The monoisotopic (exact) mass is 417 g/mol. The summed E-state index contributed by atoms with van der Waals surface area (Å²) in [5, 5.41) is 5.31. The van der Waals surface area contributed by atoms with E-state index >= 15 is 0 Å². The lowest BCUT2D eigenvalue weighted by Crippen LogP contribution is -2.44. The minimum absolute atomic E-state index is 0.0310. The number of nitrogens with one attached hydrogen (secondary N) is 2. The summed E-state index contributed by atoms with van der Waals surface area (Å²) in [6.45, 7) is 17.4. The summed E-state index contributed by atoms with van der Waals surface area (Å²) in [5.41, 5.74) is -1.76. The van der Waals surface area contributed by atoms with Gasteiger partial charge in [0, 0.05) is 26.2 Å². The summed E-state index contributed by atoms with van der Waals surface area (Å²) >= 11 is 0. The molecule has 0 heterocycles. The molecule has 2 N–H and O–H groups in total. The Morgan fingerprint density at radius 3 is 1.31 bits per heavy atom. The molecule has 9 nitrogen and oxygen atoms in total. The number of hydrogen-bond donors (Lipinski definition) is 2. The highest BCUT2D eigenvalue weighted by atomic mass is 16.6. The smallest absolute Gasteiger partial charge is 0.407 e. The van der Waals surface area contributed by atoms with E-state index in [4.69, 9.17) is 14.2 Å². The van der Waals surface area contributed by atoms with E-state index < -0.39 is 29.0 Å². The number of nitrogens with zero attached hydrogens (tertiary/aromatic N) is 1. The second-order valence-electron chi connectivity index (χ2n) is 9.72. The van der Waals surface area contributed by atoms with Gasteiger partial charge in [-0.25, -0.2) is 9.59 Å². The van der Waals surface area contributed by atoms with Crippen molar-refractivity contribution in [1.29, 1.82) is 0 Å². The van der Waals surface area contributed by atoms with Crippen LogP contribution in [0.5, 0.6) is 0 Å². The topological polar surface area (TPSA) is 106 Å². The van der Waals surface area contributed by atoms with Gasteiger partial charge in [-0.15, -0.1) is 0 Å². The van der Waals surface area contributed by atoms with E-state index in [-0.39, 0.29) is 25.6 Å². The summed E-state index contributed by atoms with van der Waals surface area (Å²) < 4.78 is 15.7. The van der Waals surface area contributed by atoms with E-state index in [2.05, 4.69) is 10.6 Å². The predicted octanol–water partition coefficient (Wildman–Crippen LogP) is 2.68. The third-order valence-corrected chi connectivity index (χ3v) is 2.97. The third kappa shape index (κ3) is 17.8. The largest absolute Gasteiger partial charge is 0.459 e. The molecule has 9 heteroatoms. The van der Waals surface area contributed by atoms with Crippen LogP contribution in [0.25, 0.3) is 0 Å². The molecule has 0 spiro atoms. The third-order valence-electron chi connectivity index (χ3n) is 2.97. The number of hydrogen-bond acceptors (Lipinski definition) is 7. The van der Waals surface area contributed by atoms with Crippen molar-refractivity contribution < 1.29 is 28.6 Å². The molecule has 0 aromatic rings. The molecule has 0 unspecified atom stereocenters. The Kier molecular flexibility index (Phi) is 10.4. The molecule has 0 aliphatic heterocycles. The van der Waals surface area contributed by atoms with Crippen LogP contribution in [0.15, 0.2) is 0 Å². The van der Waals surface area contributed by atoms with Crippen LogP contribution in [0.3, 0.4) is 0 Å². The van der Waals surface area contributed by atoms with E-state index in [9.17, 15) is 14.4 Å². The lowest BCUT2D eigenvalue weighted by atomic mass is 10.2. The minimum Gasteiger partial charge on any atom is -0.459 e. The highest BCUT2D eigenvalue weighted by Crippen LogP contribution is 2.08. The van der Waals surface area contributed by atoms with E-state index in [0.717, 1.165) is 0 Å². The highest BCUT2D eigenvalue weighted by Gasteiger charge is 2.21. The molecule has 0 aromatic heterocycles. The number of amides is 2. The fraction of sp³-hybridized carbons (Fsp3) is 0.850. The van der Waals surface area contributed by atoms with Crippen LogP contribution in [-0.4, -0.2) is 72.6 Å². The summed E-state index contributed by atoms with van der Waals surface area (Å²) in [5.74, 6) is -0.382.